The van der Waals surface area contributed by atoms with Crippen LogP contribution in [0.5, 0.6) is 0 Å². The number of nitrogens with zero attached hydrogens (tertiary/aromatic N) is 7. The number of aromatic nitrogens is 6. The Morgan fingerprint density at radius 2 is 2.02 bits per heavy atom. The lowest BCUT2D eigenvalue weighted by Gasteiger charge is -2.19. The second-order valence-electron chi connectivity index (χ2n) is 8.99. The highest BCUT2D eigenvalue weighted by atomic mass is 32.1. The van der Waals surface area contributed by atoms with Crippen molar-refractivity contribution in [1.29, 1.82) is 0 Å². The zero-order valence-corrected chi connectivity index (χ0v) is 23.1. The lowest BCUT2D eigenvalue weighted by atomic mass is 10.2. The molecule has 1 unspecified atom stereocenters. The number of aliphatic imine (C=N–C) groups is 1. The first-order chi connectivity index (χ1) is 19.7. The summed E-state index contributed by atoms with van der Waals surface area (Å²) in [5.74, 6) is 5.49. The molecule has 5 rings (SSSR count). The molecular formula is C28H24FN9O2S. The molecule has 0 bridgehead atoms. The fourth-order valence-electron chi connectivity index (χ4n) is 4.21. The highest BCUT2D eigenvalue weighted by Gasteiger charge is 2.26. The fraction of sp³-hybridized carbons (Fsp3) is 0.143. The van der Waals surface area contributed by atoms with Crippen LogP contribution in [-0.2, 0) is 14.1 Å². The first-order valence-corrected chi connectivity index (χ1v) is 13.1. The van der Waals surface area contributed by atoms with Gasteiger partial charge in [0.15, 0.2) is 11.6 Å². The smallest absolute Gasteiger partial charge is 0.268 e. The van der Waals surface area contributed by atoms with E-state index in [0.29, 0.717) is 27.0 Å². The van der Waals surface area contributed by atoms with Gasteiger partial charge >= 0.3 is 0 Å². The number of carbonyl (C=O) groups is 1. The standard InChI is InChI=1S/C28H24FN9O2S/c1-5-12-31-25-22(23(30)35-37(25)4)26(39)33-16(2)24-34-27-21(28(40)38(24)20-10-8-19(29)9-11-20)18(15-41-27)7-6-17-13-32-36(3)14-17/h5,8-16H,1H2,2-4H3,(H2,30,35)(H,33,39)/b31-12-. The van der Waals surface area contributed by atoms with Crippen molar-refractivity contribution >= 4 is 45.3 Å². The Balaban J connectivity index is 1.61. The van der Waals surface area contributed by atoms with E-state index in [-0.39, 0.29) is 23.0 Å². The van der Waals surface area contributed by atoms with Crippen LogP contribution >= 0.6 is 11.3 Å². The Morgan fingerprint density at radius 3 is 2.71 bits per heavy atom. The number of carbonyl (C=O) groups excluding carboxylic acids is 1. The second kappa shape index (κ2) is 11.0. The maximum absolute atomic E-state index is 14.0. The number of nitrogens with one attached hydrogen (secondary N) is 1. The van der Waals surface area contributed by atoms with Crippen LogP contribution in [0.4, 0.5) is 16.0 Å². The molecule has 0 fully saturated rings. The van der Waals surface area contributed by atoms with E-state index in [1.807, 2.05) is 0 Å². The van der Waals surface area contributed by atoms with E-state index in [1.54, 1.807) is 43.5 Å². The molecule has 1 atom stereocenters. The molecule has 1 aromatic carbocycles. The molecule has 0 aliphatic rings. The van der Waals surface area contributed by atoms with Crippen molar-refractivity contribution in [3.8, 4) is 17.5 Å². The summed E-state index contributed by atoms with van der Waals surface area (Å²) in [6.45, 7) is 5.28. The molecule has 3 N–H and O–H groups in total. The van der Waals surface area contributed by atoms with Crippen LogP contribution in [-0.4, -0.2) is 41.2 Å². The monoisotopic (exact) mass is 569 g/mol. The number of nitrogens with two attached hydrogens (primary N) is 1. The highest BCUT2D eigenvalue weighted by molar-refractivity contribution is 7.17. The lowest BCUT2D eigenvalue weighted by Crippen LogP contribution is -2.33. The first-order valence-electron chi connectivity index (χ1n) is 12.3. The van der Waals surface area contributed by atoms with Gasteiger partial charge in [0.2, 0.25) is 0 Å². The molecule has 1 amide bonds. The van der Waals surface area contributed by atoms with Gasteiger partial charge in [-0.15, -0.1) is 11.3 Å². The van der Waals surface area contributed by atoms with Crippen molar-refractivity contribution in [3.05, 3.63) is 93.4 Å². The number of amides is 1. The molecule has 0 spiro atoms. The third-order valence-electron chi connectivity index (χ3n) is 6.07. The zero-order chi connectivity index (χ0) is 29.3. The molecular weight excluding hydrogens is 545 g/mol. The molecule has 0 aliphatic carbocycles. The van der Waals surface area contributed by atoms with Crippen molar-refractivity contribution in [1.82, 2.24) is 34.4 Å². The first kappa shape index (κ1) is 27.2. The van der Waals surface area contributed by atoms with Gasteiger partial charge < -0.3 is 11.1 Å². The van der Waals surface area contributed by atoms with Gasteiger partial charge in [-0.2, -0.15) is 10.2 Å². The number of aryl methyl sites for hydroxylation is 2. The number of thiophene rings is 1. The van der Waals surface area contributed by atoms with Crippen molar-refractivity contribution in [2.24, 2.45) is 19.1 Å². The van der Waals surface area contributed by atoms with E-state index < -0.39 is 23.3 Å². The summed E-state index contributed by atoms with van der Waals surface area (Å²) in [4.78, 5) is 36.8. The molecule has 4 heterocycles. The van der Waals surface area contributed by atoms with Crippen molar-refractivity contribution < 1.29 is 9.18 Å². The van der Waals surface area contributed by atoms with Gasteiger partial charge in [-0.05, 0) is 31.2 Å². The molecule has 0 aliphatic heterocycles. The van der Waals surface area contributed by atoms with Crippen LogP contribution in [0, 0.1) is 17.7 Å². The molecule has 0 saturated carbocycles. The second-order valence-corrected chi connectivity index (χ2v) is 9.84. The summed E-state index contributed by atoms with van der Waals surface area (Å²) in [5, 5.41) is 13.1. The van der Waals surface area contributed by atoms with Crippen molar-refractivity contribution in [2.75, 3.05) is 5.73 Å². The van der Waals surface area contributed by atoms with Gasteiger partial charge in [-0.3, -0.25) is 18.8 Å². The lowest BCUT2D eigenvalue weighted by molar-refractivity contribution is 0.0939. The minimum Gasteiger partial charge on any atom is -0.381 e. The SMILES string of the molecule is C=C/C=N\c1c(C(=O)NC(C)c2nc3scc(C#Cc4cnn(C)c4)c3c(=O)n2-c2ccc(F)cc2)c(N)nn1C. The van der Waals surface area contributed by atoms with Gasteiger partial charge in [0.05, 0.1) is 34.4 Å². The number of benzene rings is 1. The Bertz CT molecular complexity index is 1950. The predicted molar refractivity (Wildman–Crippen MR) is 156 cm³/mol. The van der Waals surface area contributed by atoms with Crippen LogP contribution in [0.2, 0.25) is 0 Å². The van der Waals surface area contributed by atoms with E-state index in [2.05, 4.69) is 38.9 Å². The third-order valence-corrected chi connectivity index (χ3v) is 6.95. The Hall–Kier alpha value is -5.35. The van der Waals surface area contributed by atoms with Crippen LogP contribution in [0.3, 0.4) is 0 Å². The summed E-state index contributed by atoms with van der Waals surface area (Å²) >= 11 is 1.26. The van der Waals surface area contributed by atoms with Crippen LogP contribution < -0.4 is 16.6 Å². The number of nitrogen functional groups attached to an aromatic ring is 1. The number of rotatable bonds is 6. The highest BCUT2D eigenvalue weighted by Crippen LogP contribution is 2.27. The van der Waals surface area contributed by atoms with E-state index >= 15 is 0 Å². The number of hydrogen-bond acceptors (Lipinski definition) is 8. The summed E-state index contributed by atoms with van der Waals surface area (Å²) < 4.78 is 18.2. The van der Waals surface area contributed by atoms with Gasteiger partial charge in [0.25, 0.3) is 11.5 Å². The zero-order valence-electron chi connectivity index (χ0n) is 22.3. The quantitative estimate of drug-likeness (QED) is 0.237. The Morgan fingerprint density at radius 1 is 1.27 bits per heavy atom. The average Bonchev–Trinajstić information content (AvgIpc) is 3.62. The number of allylic oxidation sites excluding steroid dienone is 1. The van der Waals surface area contributed by atoms with Gasteiger partial charge in [-0.25, -0.2) is 19.0 Å². The minimum absolute atomic E-state index is 0.0113. The summed E-state index contributed by atoms with van der Waals surface area (Å²) in [6, 6.07) is 4.65. The van der Waals surface area contributed by atoms with Gasteiger partial charge in [0.1, 0.15) is 22.0 Å². The van der Waals surface area contributed by atoms with E-state index in [0.717, 1.165) is 0 Å². The summed E-state index contributed by atoms with van der Waals surface area (Å²) in [7, 11) is 3.40. The van der Waals surface area contributed by atoms with Crippen molar-refractivity contribution in [2.45, 2.75) is 13.0 Å². The summed E-state index contributed by atoms with van der Waals surface area (Å²) in [6.07, 6.45) is 6.28. The largest absolute Gasteiger partial charge is 0.381 e. The van der Waals surface area contributed by atoms with Crippen LogP contribution in [0.25, 0.3) is 15.9 Å². The topological polar surface area (TPSA) is 138 Å². The van der Waals surface area contributed by atoms with E-state index in [1.165, 1.54) is 57.1 Å². The number of halogens is 1. The number of fused-ring (bicyclic) bond motifs is 1. The van der Waals surface area contributed by atoms with Crippen LogP contribution in [0.15, 0.2) is 64.5 Å². The Kier molecular flexibility index (Phi) is 7.32. The van der Waals surface area contributed by atoms with Gasteiger partial charge in [-0.1, -0.05) is 24.5 Å². The maximum Gasteiger partial charge on any atom is 0.268 e. The molecule has 5 aromatic rings. The average molecular weight is 570 g/mol. The number of hydrogen-bond donors (Lipinski definition) is 2. The molecule has 4 aromatic heterocycles. The van der Waals surface area contributed by atoms with Crippen LogP contribution in [0.1, 0.15) is 40.3 Å². The third kappa shape index (κ3) is 5.28. The molecule has 206 valence electrons. The fourth-order valence-corrected chi connectivity index (χ4v) is 5.08. The molecule has 13 heteroatoms. The van der Waals surface area contributed by atoms with E-state index in [9.17, 15) is 14.0 Å². The molecule has 0 radical (unpaired) electrons. The van der Waals surface area contributed by atoms with E-state index in [4.69, 9.17) is 10.7 Å². The summed E-state index contributed by atoms with van der Waals surface area (Å²) in [5.41, 5.74) is 7.24. The molecule has 11 nitrogen and oxygen atoms in total. The van der Waals surface area contributed by atoms with Crippen molar-refractivity contribution in [3.63, 3.8) is 0 Å². The normalized spacial score (nSPS) is 11.9. The number of anilines is 1. The molecule has 41 heavy (non-hydrogen) atoms. The molecule has 0 saturated heterocycles. The maximum atomic E-state index is 14.0. The van der Waals surface area contributed by atoms with Gasteiger partial charge in [0, 0.05) is 31.9 Å². The Labute approximate surface area is 237 Å². The predicted octanol–water partition coefficient (Wildman–Crippen LogP) is 3.41. The minimum atomic E-state index is -0.785.